The van der Waals surface area contributed by atoms with Crippen LogP contribution in [0.5, 0.6) is 0 Å². The predicted molar refractivity (Wildman–Crippen MR) is 68.7 cm³/mol. The van der Waals surface area contributed by atoms with Gasteiger partial charge >= 0.3 is 0 Å². The molecule has 1 amide bonds. The van der Waals surface area contributed by atoms with E-state index in [0.717, 1.165) is 5.82 Å². The highest BCUT2D eigenvalue weighted by Crippen LogP contribution is 2.07. The third kappa shape index (κ3) is 3.97. The first-order valence-corrected chi connectivity index (χ1v) is 5.56. The summed E-state index contributed by atoms with van der Waals surface area (Å²) in [5.41, 5.74) is 0.368. The summed E-state index contributed by atoms with van der Waals surface area (Å²) < 4.78 is 9.96. The van der Waals surface area contributed by atoms with Crippen LogP contribution in [0, 0.1) is 0 Å². The number of amides is 1. The maximum Gasteiger partial charge on any atom is 0.270 e. The second-order valence-corrected chi connectivity index (χ2v) is 3.89. The Morgan fingerprint density at radius 2 is 2.06 bits per heavy atom. The number of hydrogen-bond donors (Lipinski definition) is 1. The number of carbonyl (C=O) groups is 1. The molecule has 100 valence electrons. The van der Waals surface area contributed by atoms with Crippen molar-refractivity contribution in [3.63, 3.8) is 0 Å². The number of rotatable bonds is 6. The average Bonchev–Trinajstić information content (AvgIpc) is 2.39. The number of ether oxygens (including phenoxy) is 2. The minimum atomic E-state index is -0.453. The van der Waals surface area contributed by atoms with Crippen LogP contribution in [0.25, 0.3) is 0 Å². The second-order valence-electron chi connectivity index (χ2n) is 3.89. The zero-order valence-electron chi connectivity index (χ0n) is 11.1. The highest BCUT2D eigenvalue weighted by atomic mass is 16.7. The molecule has 1 N–H and O–H groups in total. The van der Waals surface area contributed by atoms with Gasteiger partial charge in [-0.2, -0.15) is 0 Å². The summed E-state index contributed by atoms with van der Waals surface area (Å²) in [5.74, 6) is 0.482. The smallest absolute Gasteiger partial charge is 0.270 e. The number of aromatic nitrogens is 1. The van der Waals surface area contributed by atoms with Crippen LogP contribution >= 0.6 is 0 Å². The summed E-state index contributed by atoms with van der Waals surface area (Å²) >= 11 is 0. The fourth-order valence-electron chi connectivity index (χ4n) is 1.33. The molecule has 0 saturated heterocycles. The molecule has 1 rings (SSSR count). The maximum atomic E-state index is 11.9. The number of methoxy groups -OCH3 is 2. The fraction of sp³-hybridized carbons (Fsp3) is 0.500. The third-order valence-electron chi connectivity index (χ3n) is 2.38. The van der Waals surface area contributed by atoms with Crippen molar-refractivity contribution in [2.75, 3.05) is 39.8 Å². The molecule has 0 aliphatic carbocycles. The van der Waals surface area contributed by atoms with Gasteiger partial charge in [-0.05, 0) is 12.1 Å². The first-order valence-electron chi connectivity index (χ1n) is 5.56. The van der Waals surface area contributed by atoms with E-state index in [1.807, 2.05) is 25.1 Å². The first kappa shape index (κ1) is 14.4. The second kappa shape index (κ2) is 6.93. The Morgan fingerprint density at radius 1 is 1.39 bits per heavy atom. The normalized spacial score (nSPS) is 10.5. The van der Waals surface area contributed by atoms with Crippen molar-refractivity contribution in [1.82, 2.24) is 10.3 Å². The van der Waals surface area contributed by atoms with E-state index in [2.05, 4.69) is 10.3 Å². The van der Waals surface area contributed by atoms with E-state index in [0.29, 0.717) is 5.69 Å². The molecule has 1 heterocycles. The molecule has 0 spiro atoms. The molecule has 0 aliphatic heterocycles. The molecule has 18 heavy (non-hydrogen) atoms. The van der Waals surface area contributed by atoms with Crippen molar-refractivity contribution in [3.8, 4) is 0 Å². The molecule has 1 aromatic rings. The van der Waals surface area contributed by atoms with E-state index in [9.17, 15) is 4.79 Å². The largest absolute Gasteiger partial charge is 0.363 e. The van der Waals surface area contributed by atoms with E-state index < -0.39 is 6.29 Å². The molecule has 6 nitrogen and oxygen atoms in total. The predicted octanol–water partition coefficient (Wildman–Crippen LogP) is 0.496. The highest BCUT2D eigenvalue weighted by molar-refractivity contribution is 5.92. The highest BCUT2D eigenvalue weighted by Gasteiger charge is 2.11. The van der Waals surface area contributed by atoms with Crippen LogP contribution < -0.4 is 10.2 Å². The average molecular weight is 253 g/mol. The Labute approximate surface area is 107 Å². The minimum Gasteiger partial charge on any atom is -0.363 e. The van der Waals surface area contributed by atoms with Crippen LogP contribution in [0.1, 0.15) is 10.5 Å². The lowest BCUT2D eigenvalue weighted by molar-refractivity contribution is -0.0974. The number of nitrogens with zero attached hydrogens (tertiary/aromatic N) is 2. The van der Waals surface area contributed by atoms with Gasteiger partial charge in [-0.25, -0.2) is 4.98 Å². The molecular formula is C12H19N3O3. The van der Waals surface area contributed by atoms with Gasteiger partial charge in [0.25, 0.3) is 5.91 Å². The Hall–Kier alpha value is -1.66. The summed E-state index contributed by atoms with van der Waals surface area (Å²) in [6.07, 6.45) is -0.453. The minimum absolute atomic E-state index is 0.252. The van der Waals surface area contributed by atoms with Gasteiger partial charge in [0.15, 0.2) is 6.29 Å². The first-order chi connectivity index (χ1) is 8.58. The van der Waals surface area contributed by atoms with Gasteiger partial charge in [0, 0.05) is 28.3 Å². The lowest BCUT2D eigenvalue weighted by atomic mass is 10.3. The Balaban J connectivity index is 2.64. The molecule has 0 unspecified atom stereocenters. The van der Waals surface area contributed by atoms with E-state index in [1.54, 1.807) is 12.1 Å². The van der Waals surface area contributed by atoms with Crippen LogP contribution in [0.3, 0.4) is 0 Å². The quantitative estimate of drug-likeness (QED) is 0.748. The number of carbonyl (C=O) groups excluding carboxylic acids is 1. The van der Waals surface area contributed by atoms with Crippen LogP contribution in [0.15, 0.2) is 18.2 Å². The van der Waals surface area contributed by atoms with Crippen molar-refractivity contribution < 1.29 is 14.3 Å². The fourth-order valence-corrected chi connectivity index (χ4v) is 1.33. The number of anilines is 1. The Kier molecular flexibility index (Phi) is 5.54. The van der Waals surface area contributed by atoms with E-state index in [1.165, 1.54) is 14.2 Å². The van der Waals surface area contributed by atoms with Crippen molar-refractivity contribution in [2.45, 2.75) is 6.29 Å². The zero-order valence-corrected chi connectivity index (χ0v) is 11.1. The number of pyridine rings is 1. The summed E-state index contributed by atoms with van der Waals surface area (Å²) in [6.45, 7) is 0.277. The molecule has 0 fully saturated rings. The van der Waals surface area contributed by atoms with Gasteiger partial charge in [0.1, 0.15) is 11.5 Å². The Morgan fingerprint density at radius 3 is 2.61 bits per heavy atom. The van der Waals surface area contributed by atoms with Gasteiger partial charge in [-0.3, -0.25) is 4.79 Å². The molecule has 0 saturated carbocycles. The molecule has 0 bridgehead atoms. The van der Waals surface area contributed by atoms with E-state index >= 15 is 0 Å². The van der Waals surface area contributed by atoms with Gasteiger partial charge in [-0.15, -0.1) is 0 Å². The van der Waals surface area contributed by atoms with Gasteiger partial charge in [-0.1, -0.05) is 6.07 Å². The van der Waals surface area contributed by atoms with Gasteiger partial charge in [0.2, 0.25) is 0 Å². The summed E-state index contributed by atoms with van der Waals surface area (Å²) in [5, 5.41) is 2.70. The zero-order chi connectivity index (χ0) is 13.5. The van der Waals surface area contributed by atoms with Crippen LogP contribution in [-0.4, -0.2) is 52.0 Å². The SMILES string of the molecule is COC(CNC(=O)c1cccc(N(C)C)n1)OC. The van der Waals surface area contributed by atoms with Crippen molar-refractivity contribution in [2.24, 2.45) is 0 Å². The van der Waals surface area contributed by atoms with Crippen molar-refractivity contribution in [1.29, 1.82) is 0 Å². The molecule has 0 radical (unpaired) electrons. The van der Waals surface area contributed by atoms with Crippen LogP contribution in [0.2, 0.25) is 0 Å². The molecule has 0 aliphatic rings. The lowest BCUT2D eigenvalue weighted by Gasteiger charge is -2.15. The summed E-state index contributed by atoms with van der Waals surface area (Å²) in [6, 6.07) is 5.29. The Bertz CT molecular complexity index is 392. The topological polar surface area (TPSA) is 63.7 Å². The molecule has 0 aromatic carbocycles. The maximum absolute atomic E-state index is 11.9. The number of hydrogen-bond acceptors (Lipinski definition) is 5. The lowest BCUT2D eigenvalue weighted by Crippen LogP contribution is -2.34. The van der Waals surface area contributed by atoms with Crippen LogP contribution in [-0.2, 0) is 9.47 Å². The molecule has 1 aromatic heterocycles. The standard InChI is InChI=1S/C12H19N3O3/c1-15(2)10-7-5-6-9(14-10)12(16)13-8-11(17-3)18-4/h5-7,11H,8H2,1-4H3,(H,13,16). The van der Waals surface area contributed by atoms with Crippen LogP contribution in [0.4, 0.5) is 5.82 Å². The molecular weight excluding hydrogens is 234 g/mol. The van der Waals surface area contributed by atoms with Gasteiger partial charge < -0.3 is 19.7 Å². The van der Waals surface area contributed by atoms with Crippen molar-refractivity contribution >= 4 is 11.7 Å². The molecule has 0 atom stereocenters. The van der Waals surface area contributed by atoms with E-state index in [4.69, 9.17) is 9.47 Å². The van der Waals surface area contributed by atoms with Gasteiger partial charge in [0.05, 0.1) is 6.54 Å². The van der Waals surface area contributed by atoms with E-state index in [-0.39, 0.29) is 12.5 Å². The monoisotopic (exact) mass is 253 g/mol. The number of nitrogens with one attached hydrogen (secondary N) is 1. The molecule has 6 heteroatoms. The summed E-state index contributed by atoms with van der Waals surface area (Å²) in [4.78, 5) is 17.9. The third-order valence-corrected chi connectivity index (χ3v) is 2.38. The van der Waals surface area contributed by atoms with Crippen molar-refractivity contribution in [3.05, 3.63) is 23.9 Å². The summed E-state index contributed by atoms with van der Waals surface area (Å²) in [7, 11) is 6.78.